The number of carbonyl (C=O) groups excluding carboxylic acids is 1. The minimum Gasteiger partial charge on any atom is -0.492 e. The summed E-state index contributed by atoms with van der Waals surface area (Å²) >= 11 is 1.42. The van der Waals surface area contributed by atoms with Crippen molar-refractivity contribution >= 4 is 43.7 Å². The number of hydrogen-bond acceptors (Lipinski definition) is 6. The molecular formula is C25H21N3O4S. The lowest BCUT2D eigenvalue weighted by Crippen LogP contribution is -2.35. The Labute approximate surface area is 193 Å². The van der Waals surface area contributed by atoms with Gasteiger partial charge in [-0.3, -0.25) is 14.3 Å². The second-order valence-electron chi connectivity index (χ2n) is 7.42. The van der Waals surface area contributed by atoms with Gasteiger partial charge in [0.15, 0.2) is 10.7 Å². The number of anilines is 1. The van der Waals surface area contributed by atoms with Gasteiger partial charge in [0.1, 0.15) is 17.8 Å². The van der Waals surface area contributed by atoms with Crippen molar-refractivity contribution in [1.29, 1.82) is 0 Å². The molecule has 0 unspecified atom stereocenters. The summed E-state index contributed by atoms with van der Waals surface area (Å²) in [5.74, 6) is -0.140. The summed E-state index contributed by atoms with van der Waals surface area (Å²) in [6.45, 7) is 2.62. The van der Waals surface area contributed by atoms with Gasteiger partial charge in [-0.1, -0.05) is 59.9 Å². The van der Waals surface area contributed by atoms with Crippen molar-refractivity contribution in [3.8, 4) is 5.75 Å². The highest BCUT2D eigenvalue weighted by molar-refractivity contribution is 7.22. The van der Waals surface area contributed by atoms with Crippen LogP contribution in [0.15, 0.2) is 82.0 Å². The first-order valence-corrected chi connectivity index (χ1v) is 11.4. The number of fused-ring (bicyclic) bond motifs is 2. The van der Waals surface area contributed by atoms with Crippen molar-refractivity contribution < 1.29 is 13.9 Å². The Morgan fingerprint density at radius 3 is 2.67 bits per heavy atom. The van der Waals surface area contributed by atoms with Gasteiger partial charge in [-0.15, -0.1) is 0 Å². The summed E-state index contributed by atoms with van der Waals surface area (Å²) < 4.78 is 13.3. The normalized spacial score (nSPS) is 11.2. The van der Waals surface area contributed by atoms with E-state index in [0.29, 0.717) is 35.1 Å². The zero-order valence-electron chi connectivity index (χ0n) is 17.9. The van der Waals surface area contributed by atoms with Gasteiger partial charge in [-0.2, -0.15) is 0 Å². The van der Waals surface area contributed by atoms with Crippen molar-refractivity contribution in [2.75, 3.05) is 11.5 Å². The molecule has 166 valence electrons. The van der Waals surface area contributed by atoms with Crippen LogP contribution in [0.3, 0.4) is 0 Å². The zero-order chi connectivity index (χ0) is 22.8. The van der Waals surface area contributed by atoms with E-state index in [4.69, 9.17) is 14.1 Å². The SMILES string of the molecule is CCOc1cccc2sc(N(Cc3ccccc3)C(=O)Cn3c(=O)oc4ccccc43)nc12. The van der Waals surface area contributed by atoms with E-state index in [-0.39, 0.29) is 12.5 Å². The second kappa shape index (κ2) is 8.91. The second-order valence-corrected chi connectivity index (χ2v) is 8.43. The van der Waals surface area contributed by atoms with E-state index in [0.717, 1.165) is 15.8 Å². The van der Waals surface area contributed by atoms with Gasteiger partial charge in [0.25, 0.3) is 0 Å². The summed E-state index contributed by atoms with van der Waals surface area (Å²) in [6, 6.07) is 22.5. The maximum Gasteiger partial charge on any atom is 0.420 e. The molecule has 0 N–H and O–H groups in total. The molecule has 33 heavy (non-hydrogen) atoms. The molecule has 0 spiro atoms. The third-order valence-electron chi connectivity index (χ3n) is 5.25. The van der Waals surface area contributed by atoms with E-state index >= 15 is 0 Å². The van der Waals surface area contributed by atoms with Gasteiger partial charge >= 0.3 is 5.76 Å². The average molecular weight is 460 g/mol. The Balaban J connectivity index is 1.55. The van der Waals surface area contributed by atoms with Crippen molar-refractivity contribution in [1.82, 2.24) is 9.55 Å². The Kier molecular flexibility index (Phi) is 5.66. The number of amides is 1. The average Bonchev–Trinajstić information content (AvgIpc) is 3.40. The van der Waals surface area contributed by atoms with Gasteiger partial charge in [0.2, 0.25) is 5.91 Å². The van der Waals surface area contributed by atoms with Gasteiger partial charge in [-0.25, -0.2) is 9.78 Å². The molecule has 7 nitrogen and oxygen atoms in total. The van der Waals surface area contributed by atoms with Gasteiger partial charge < -0.3 is 9.15 Å². The first kappa shape index (κ1) is 21.0. The fourth-order valence-corrected chi connectivity index (χ4v) is 4.71. The van der Waals surface area contributed by atoms with E-state index in [9.17, 15) is 9.59 Å². The fourth-order valence-electron chi connectivity index (χ4n) is 3.71. The molecule has 0 saturated heterocycles. The molecule has 8 heteroatoms. The number of para-hydroxylation sites is 3. The van der Waals surface area contributed by atoms with Crippen LogP contribution >= 0.6 is 11.3 Å². The van der Waals surface area contributed by atoms with Crippen LogP contribution in [0.1, 0.15) is 12.5 Å². The molecule has 0 fully saturated rings. The Morgan fingerprint density at radius 1 is 1.06 bits per heavy atom. The Bertz CT molecular complexity index is 1490. The predicted molar refractivity (Wildman–Crippen MR) is 129 cm³/mol. The monoisotopic (exact) mass is 459 g/mol. The molecule has 0 bridgehead atoms. The Morgan fingerprint density at radius 2 is 1.85 bits per heavy atom. The highest BCUT2D eigenvalue weighted by Crippen LogP contribution is 2.35. The third-order valence-corrected chi connectivity index (χ3v) is 6.30. The Hall–Kier alpha value is -3.91. The van der Waals surface area contributed by atoms with Crippen LogP contribution in [-0.2, 0) is 17.9 Å². The molecule has 0 atom stereocenters. The molecule has 0 radical (unpaired) electrons. The minimum atomic E-state index is -0.563. The van der Waals surface area contributed by atoms with Crippen LogP contribution in [-0.4, -0.2) is 22.1 Å². The molecule has 0 aliphatic carbocycles. The lowest BCUT2D eigenvalue weighted by molar-refractivity contribution is -0.119. The number of ether oxygens (including phenoxy) is 1. The predicted octanol–water partition coefficient (Wildman–Crippen LogP) is 4.84. The summed E-state index contributed by atoms with van der Waals surface area (Å²) in [5.41, 5.74) is 2.71. The van der Waals surface area contributed by atoms with E-state index in [1.807, 2.05) is 61.5 Å². The maximum absolute atomic E-state index is 13.6. The lowest BCUT2D eigenvalue weighted by atomic mass is 10.2. The molecule has 0 aliphatic heterocycles. The highest BCUT2D eigenvalue weighted by atomic mass is 32.1. The maximum atomic E-state index is 13.6. The summed E-state index contributed by atoms with van der Waals surface area (Å²) in [6.07, 6.45) is 0. The number of benzene rings is 3. The van der Waals surface area contributed by atoms with E-state index in [1.165, 1.54) is 15.9 Å². The third kappa shape index (κ3) is 4.12. The molecule has 2 heterocycles. The molecule has 5 rings (SSSR count). The summed E-state index contributed by atoms with van der Waals surface area (Å²) in [7, 11) is 0. The molecule has 0 aliphatic rings. The highest BCUT2D eigenvalue weighted by Gasteiger charge is 2.23. The van der Waals surface area contributed by atoms with Crippen LogP contribution in [0, 0.1) is 0 Å². The summed E-state index contributed by atoms with van der Waals surface area (Å²) in [4.78, 5) is 32.4. The van der Waals surface area contributed by atoms with Crippen LogP contribution in [0.5, 0.6) is 5.75 Å². The number of thiazole rings is 1. The molecular weight excluding hydrogens is 438 g/mol. The number of aromatic nitrogens is 2. The molecule has 5 aromatic rings. The van der Waals surface area contributed by atoms with Gasteiger partial charge in [-0.05, 0) is 36.8 Å². The number of carbonyl (C=O) groups is 1. The number of hydrogen-bond donors (Lipinski definition) is 0. The first-order valence-electron chi connectivity index (χ1n) is 10.6. The molecule has 3 aromatic carbocycles. The number of oxazole rings is 1. The van der Waals surface area contributed by atoms with Gasteiger partial charge in [0.05, 0.1) is 23.4 Å². The topological polar surface area (TPSA) is 77.6 Å². The van der Waals surface area contributed by atoms with Crippen LogP contribution in [0.2, 0.25) is 0 Å². The molecule has 1 amide bonds. The summed E-state index contributed by atoms with van der Waals surface area (Å²) in [5, 5.41) is 0.548. The molecule has 0 saturated carbocycles. The van der Waals surface area contributed by atoms with Crippen LogP contribution < -0.4 is 15.4 Å². The lowest BCUT2D eigenvalue weighted by Gasteiger charge is -2.20. The van der Waals surface area contributed by atoms with E-state index in [2.05, 4.69) is 0 Å². The van der Waals surface area contributed by atoms with E-state index in [1.54, 1.807) is 23.1 Å². The standard InChI is InChI=1S/C25H21N3O4S/c1-2-31-20-13-8-14-21-23(20)26-24(33-21)28(15-17-9-4-3-5-10-17)22(29)16-27-18-11-6-7-12-19(18)32-25(27)30/h3-14H,2,15-16H2,1H3. The largest absolute Gasteiger partial charge is 0.492 e. The number of nitrogens with zero attached hydrogens (tertiary/aromatic N) is 3. The van der Waals surface area contributed by atoms with Crippen molar-refractivity contribution in [3.05, 3.63) is 88.9 Å². The minimum absolute atomic E-state index is 0.156. The van der Waals surface area contributed by atoms with Gasteiger partial charge in [0, 0.05) is 0 Å². The van der Waals surface area contributed by atoms with E-state index < -0.39 is 5.76 Å². The number of rotatable bonds is 7. The van der Waals surface area contributed by atoms with Crippen molar-refractivity contribution in [3.63, 3.8) is 0 Å². The quantitative estimate of drug-likeness (QED) is 0.348. The zero-order valence-corrected chi connectivity index (χ0v) is 18.7. The van der Waals surface area contributed by atoms with Crippen LogP contribution in [0.25, 0.3) is 21.3 Å². The smallest absolute Gasteiger partial charge is 0.420 e. The van der Waals surface area contributed by atoms with Crippen molar-refractivity contribution in [2.45, 2.75) is 20.0 Å². The van der Waals surface area contributed by atoms with Crippen LogP contribution in [0.4, 0.5) is 5.13 Å². The first-order chi connectivity index (χ1) is 16.1. The molecule has 2 aromatic heterocycles. The van der Waals surface area contributed by atoms with Crippen molar-refractivity contribution in [2.24, 2.45) is 0 Å². The fraction of sp³-hybridized carbons (Fsp3) is 0.160.